The van der Waals surface area contributed by atoms with Crippen LogP contribution in [0.1, 0.15) is 0 Å². The van der Waals surface area contributed by atoms with Crippen molar-refractivity contribution < 1.29 is 0 Å². The van der Waals surface area contributed by atoms with E-state index in [1.807, 2.05) is 42.9 Å². The topological polar surface area (TPSA) is 114 Å². The third-order valence-electron chi connectivity index (χ3n) is 5.98. The van der Waals surface area contributed by atoms with Gasteiger partial charge in [-0.05, 0) is 24.3 Å². The molecular formula is C24H22N10. The van der Waals surface area contributed by atoms with E-state index in [4.69, 9.17) is 10.7 Å². The number of hydrogen-bond acceptors (Lipinski definition) is 9. The minimum absolute atomic E-state index is 0.400. The molecule has 0 atom stereocenters. The van der Waals surface area contributed by atoms with Gasteiger partial charge in [-0.3, -0.25) is 9.97 Å². The van der Waals surface area contributed by atoms with Crippen LogP contribution >= 0.6 is 0 Å². The molecule has 10 heteroatoms. The van der Waals surface area contributed by atoms with Gasteiger partial charge in [-0.15, -0.1) is 5.10 Å². The van der Waals surface area contributed by atoms with Gasteiger partial charge in [-0.2, -0.15) is 0 Å². The second-order valence-electron chi connectivity index (χ2n) is 8.03. The normalized spacial score (nSPS) is 14.0. The van der Waals surface area contributed by atoms with Crippen LogP contribution in [0.4, 0.5) is 17.5 Å². The van der Waals surface area contributed by atoms with Crippen molar-refractivity contribution in [1.82, 2.24) is 34.5 Å². The van der Waals surface area contributed by atoms with Crippen LogP contribution in [0.25, 0.3) is 28.0 Å². The molecule has 168 valence electrons. The summed E-state index contributed by atoms with van der Waals surface area (Å²) in [4.78, 5) is 26.8. The van der Waals surface area contributed by atoms with Gasteiger partial charge in [0.2, 0.25) is 0 Å². The highest BCUT2D eigenvalue weighted by molar-refractivity contribution is 5.84. The van der Waals surface area contributed by atoms with E-state index < -0.39 is 0 Å². The third kappa shape index (κ3) is 3.64. The SMILES string of the molecule is Nc1nn2cc(-c3ccc(N4CCN(c5cnccn5)CC4)nc3)cnc2c1-c1ccccn1. The van der Waals surface area contributed by atoms with Crippen molar-refractivity contribution in [2.45, 2.75) is 0 Å². The molecule has 5 aromatic rings. The number of pyridine rings is 2. The minimum atomic E-state index is 0.400. The van der Waals surface area contributed by atoms with Crippen LogP contribution in [0.5, 0.6) is 0 Å². The van der Waals surface area contributed by atoms with Gasteiger partial charge >= 0.3 is 0 Å². The van der Waals surface area contributed by atoms with E-state index in [9.17, 15) is 0 Å². The molecule has 0 aromatic carbocycles. The van der Waals surface area contributed by atoms with Crippen LogP contribution < -0.4 is 15.5 Å². The first-order valence-electron chi connectivity index (χ1n) is 11.0. The maximum atomic E-state index is 6.18. The van der Waals surface area contributed by atoms with Crippen LogP contribution in [-0.4, -0.2) is 60.7 Å². The van der Waals surface area contributed by atoms with Gasteiger partial charge in [-0.25, -0.2) is 19.5 Å². The van der Waals surface area contributed by atoms with Crippen molar-refractivity contribution in [3.05, 3.63) is 73.7 Å². The summed E-state index contributed by atoms with van der Waals surface area (Å²) in [6.45, 7) is 3.50. The molecule has 6 rings (SSSR count). The van der Waals surface area contributed by atoms with Crippen molar-refractivity contribution in [3.63, 3.8) is 0 Å². The third-order valence-corrected chi connectivity index (χ3v) is 5.98. The molecule has 0 spiro atoms. The van der Waals surface area contributed by atoms with Crippen molar-refractivity contribution >= 4 is 23.1 Å². The fourth-order valence-corrected chi connectivity index (χ4v) is 4.22. The first-order chi connectivity index (χ1) is 16.8. The zero-order chi connectivity index (χ0) is 22.9. The van der Waals surface area contributed by atoms with E-state index in [1.165, 1.54) is 0 Å². The lowest BCUT2D eigenvalue weighted by Crippen LogP contribution is -2.47. The molecule has 1 aliphatic rings. The fourth-order valence-electron chi connectivity index (χ4n) is 4.22. The van der Waals surface area contributed by atoms with E-state index in [-0.39, 0.29) is 0 Å². The Hall–Kier alpha value is -4.60. The Morgan fingerprint density at radius 1 is 0.706 bits per heavy atom. The largest absolute Gasteiger partial charge is 0.382 e. The minimum Gasteiger partial charge on any atom is -0.382 e. The average molecular weight is 451 g/mol. The molecule has 5 aromatic heterocycles. The average Bonchev–Trinajstić information content (AvgIpc) is 3.25. The Kier molecular flexibility index (Phi) is 4.95. The molecule has 1 aliphatic heterocycles. The lowest BCUT2D eigenvalue weighted by Gasteiger charge is -2.35. The summed E-state index contributed by atoms with van der Waals surface area (Å²) < 4.78 is 1.70. The van der Waals surface area contributed by atoms with Crippen LogP contribution in [0, 0.1) is 0 Å². The molecule has 0 unspecified atom stereocenters. The highest BCUT2D eigenvalue weighted by Crippen LogP contribution is 2.29. The maximum absolute atomic E-state index is 6.18. The van der Waals surface area contributed by atoms with Crippen LogP contribution in [0.15, 0.2) is 73.7 Å². The molecule has 0 amide bonds. The number of nitrogens with two attached hydrogens (primary N) is 1. The quantitative estimate of drug-likeness (QED) is 0.441. The van der Waals surface area contributed by atoms with E-state index in [0.29, 0.717) is 11.5 Å². The number of piperazine rings is 1. The molecular weight excluding hydrogens is 428 g/mol. The molecule has 34 heavy (non-hydrogen) atoms. The summed E-state index contributed by atoms with van der Waals surface area (Å²) in [5.41, 5.74) is 10.2. The Morgan fingerprint density at radius 2 is 1.53 bits per heavy atom. The van der Waals surface area contributed by atoms with Crippen LogP contribution in [0.2, 0.25) is 0 Å². The molecule has 0 aliphatic carbocycles. The second kappa shape index (κ2) is 8.39. The molecule has 6 heterocycles. The van der Waals surface area contributed by atoms with Gasteiger partial charge in [0, 0.05) is 74.5 Å². The molecule has 0 bridgehead atoms. The number of hydrogen-bond donors (Lipinski definition) is 1. The van der Waals surface area contributed by atoms with E-state index in [0.717, 1.165) is 60.2 Å². The van der Waals surface area contributed by atoms with Gasteiger partial charge < -0.3 is 15.5 Å². The number of nitrogens with zero attached hydrogens (tertiary/aromatic N) is 9. The van der Waals surface area contributed by atoms with E-state index >= 15 is 0 Å². The predicted molar refractivity (Wildman–Crippen MR) is 130 cm³/mol. The van der Waals surface area contributed by atoms with Gasteiger partial charge in [0.15, 0.2) is 11.5 Å². The second-order valence-corrected chi connectivity index (χ2v) is 8.03. The van der Waals surface area contributed by atoms with Gasteiger partial charge in [-0.1, -0.05) is 6.07 Å². The van der Waals surface area contributed by atoms with Crippen molar-refractivity contribution in [2.24, 2.45) is 0 Å². The monoisotopic (exact) mass is 450 g/mol. The summed E-state index contributed by atoms with van der Waals surface area (Å²) >= 11 is 0. The van der Waals surface area contributed by atoms with Gasteiger partial charge in [0.05, 0.1) is 17.5 Å². The zero-order valence-electron chi connectivity index (χ0n) is 18.4. The number of fused-ring (bicyclic) bond motifs is 1. The highest BCUT2D eigenvalue weighted by atomic mass is 15.3. The molecule has 1 saturated heterocycles. The smallest absolute Gasteiger partial charge is 0.166 e. The fraction of sp³-hybridized carbons (Fsp3) is 0.167. The number of nitrogen functional groups attached to an aromatic ring is 1. The summed E-state index contributed by atoms with van der Waals surface area (Å²) in [6, 6.07) is 9.80. The van der Waals surface area contributed by atoms with E-state index in [1.54, 1.807) is 29.3 Å². The Labute approximate surface area is 195 Å². The molecule has 0 radical (unpaired) electrons. The summed E-state index contributed by atoms with van der Waals surface area (Å²) in [5, 5.41) is 4.45. The number of aromatic nitrogens is 7. The predicted octanol–water partition coefficient (Wildman–Crippen LogP) is 2.55. The Bertz CT molecular complexity index is 1410. The molecule has 0 saturated carbocycles. The summed E-state index contributed by atoms with van der Waals surface area (Å²) in [6.07, 6.45) is 12.6. The van der Waals surface area contributed by atoms with Crippen LogP contribution in [-0.2, 0) is 0 Å². The Morgan fingerprint density at radius 3 is 2.24 bits per heavy atom. The molecule has 2 N–H and O–H groups in total. The number of rotatable bonds is 4. The summed E-state index contributed by atoms with van der Waals surface area (Å²) in [7, 11) is 0. The first kappa shape index (κ1) is 20.0. The van der Waals surface area contributed by atoms with Crippen molar-refractivity contribution in [1.29, 1.82) is 0 Å². The Balaban J connectivity index is 1.20. The summed E-state index contributed by atoms with van der Waals surface area (Å²) in [5.74, 6) is 2.27. The highest BCUT2D eigenvalue weighted by Gasteiger charge is 2.19. The van der Waals surface area contributed by atoms with Gasteiger partial charge in [0.1, 0.15) is 11.6 Å². The first-order valence-corrected chi connectivity index (χ1v) is 11.0. The zero-order valence-corrected chi connectivity index (χ0v) is 18.4. The van der Waals surface area contributed by atoms with Crippen molar-refractivity contribution in [2.75, 3.05) is 41.7 Å². The lowest BCUT2D eigenvalue weighted by molar-refractivity contribution is 0.640. The van der Waals surface area contributed by atoms with E-state index in [2.05, 4.69) is 40.9 Å². The maximum Gasteiger partial charge on any atom is 0.166 e. The molecule has 1 fully saturated rings. The number of anilines is 3. The van der Waals surface area contributed by atoms with Crippen molar-refractivity contribution in [3.8, 4) is 22.4 Å². The standard InChI is InChI=1S/C24H22N10/c25-23-22(19-3-1-2-6-27-19)24-30-14-18(16-34(24)31-23)17-4-5-20(29-13-17)32-9-11-33(12-10-32)21-15-26-7-8-28-21/h1-8,13-16H,9-12H2,(H2,25,31). The molecule has 10 nitrogen and oxygen atoms in total. The lowest BCUT2D eigenvalue weighted by atomic mass is 10.1. The van der Waals surface area contributed by atoms with Gasteiger partial charge in [0.25, 0.3) is 0 Å². The van der Waals surface area contributed by atoms with Crippen LogP contribution in [0.3, 0.4) is 0 Å².